The molecular weight excluding hydrogens is 323 g/mol. The van der Waals surface area contributed by atoms with E-state index in [9.17, 15) is 18.0 Å². The van der Waals surface area contributed by atoms with Gasteiger partial charge in [0.15, 0.2) is 0 Å². The van der Waals surface area contributed by atoms with E-state index in [1.165, 1.54) is 23.1 Å². The van der Waals surface area contributed by atoms with Gasteiger partial charge in [-0.2, -0.15) is 13.2 Å². The number of hydrogen-bond acceptors (Lipinski definition) is 4. The van der Waals surface area contributed by atoms with Gasteiger partial charge in [-0.15, -0.1) is 5.10 Å². The van der Waals surface area contributed by atoms with Crippen molar-refractivity contribution < 1.29 is 18.0 Å². The van der Waals surface area contributed by atoms with Crippen LogP contribution >= 0.6 is 0 Å². The lowest BCUT2D eigenvalue weighted by atomic mass is 9.64. The van der Waals surface area contributed by atoms with Gasteiger partial charge in [-0.1, -0.05) is 24.6 Å². The molecule has 2 aromatic rings. The number of alkyl halides is 3. The predicted octanol–water partition coefficient (Wildman–Crippen LogP) is 1.93. The van der Waals surface area contributed by atoms with Crippen LogP contribution < -0.4 is 5.32 Å². The summed E-state index contributed by atoms with van der Waals surface area (Å²) in [4.78, 5) is 11.9. The molecule has 1 aliphatic carbocycles. The van der Waals surface area contributed by atoms with Crippen LogP contribution in [0.1, 0.15) is 30.4 Å². The van der Waals surface area contributed by atoms with Gasteiger partial charge >= 0.3 is 6.18 Å². The summed E-state index contributed by atoms with van der Waals surface area (Å²) in [5.74, 6) is -0.277. The van der Waals surface area contributed by atoms with Crippen molar-refractivity contribution in [1.82, 2.24) is 25.5 Å². The van der Waals surface area contributed by atoms with E-state index < -0.39 is 17.2 Å². The van der Waals surface area contributed by atoms with Crippen molar-refractivity contribution in [3.05, 3.63) is 41.7 Å². The topological polar surface area (TPSA) is 72.7 Å². The molecule has 0 unspecified atom stereocenters. The predicted molar refractivity (Wildman–Crippen MR) is 77.8 cm³/mol. The second-order valence-electron chi connectivity index (χ2n) is 6.00. The third-order valence-electron chi connectivity index (χ3n) is 4.43. The average molecular weight is 339 g/mol. The zero-order chi connectivity index (χ0) is 17.2. The summed E-state index contributed by atoms with van der Waals surface area (Å²) in [5, 5.41) is 13.3. The molecule has 1 aromatic heterocycles. The lowest BCUT2D eigenvalue weighted by Crippen LogP contribution is -2.46. The maximum Gasteiger partial charge on any atom is 0.416 e. The van der Waals surface area contributed by atoms with Gasteiger partial charge in [0.1, 0.15) is 12.9 Å². The van der Waals surface area contributed by atoms with Crippen molar-refractivity contribution in [3.63, 3.8) is 0 Å². The number of nitrogens with zero attached hydrogens (tertiary/aromatic N) is 4. The fourth-order valence-electron chi connectivity index (χ4n) is 2.92. The van der Waals surface area contributed by atoms with Crippen LogP contribution in [0.2, 0.25) is 0 Å². The van der Waals surface area contributed by atoms with Gasteiger partial charge in [0, 0.05) is 12.0 Å². The van der Waals surface area contributed by atoms with Gasteiger partial charge in [0.25, 0.3) is 0 Å². The van der Waals surface area contributed by atoms with Crippen LogP contribution in [0.25, 0.3) is 0 Å². The van der Waals surface area contributed by atoms with Crippen molar-refractivity contribution in [2.75, 3.05) is 6.54 Å². The minimum absolute atomic E-state index is 0.0222. The van der Waals surface area contributed by atoms with E-state index in [1.54, 1.807) is 6.07 Å². The van der Waals surface area contributed by atoms with Crippen molar-refractivity contribution >= 4 is 5.91 Å². The molecule has 0 saturated heterocycles. The van der Waals surface area contributed by atoms with Crippen molar-refractivity contribution in [1.29, 1.82) is 0 Å². The Labute approximate surface area is 136 Å². The largest absolute Gasteiger partial charge is 0.416 e. The summed E-state index contributed by atoms with van der Waals surface area (Å²) in [5.41, 5.74) is -0.477. The number of benzene rings is 1. The average Bonchev–Trinajstić information content (AvgIpc) is 2.98. The molecule has 9 heteroatoms. The Morgan fingerprint density at radius 1 is 1.33 bits per heavy atom. The first-order chi connectivity index (χ1) is 11.4. The van der Waals surface area contributed by atoms with Crippen LogP contribution in [0.4, 0.5) is 13.2 Å². The highest BCUT2D eigenvalue weighted by Gasteiger charge is 2.40. The van der Waals surface area contributed by atoms with Crippen molar-refractivity contribution in [3.8, 4) is 0 Å². The highest BCUT2D eigenvalue weighted by molar-refractivity contribution is 5.75. The Morgan fingerprint density at radius 3 is 2.71 bits per heavy atom. The van der Waals surface area contributed by atoms with Crippen LogP contribution in [0, 0.1) is 0 Å². The van der Waals surface area contributed by atoms with E-state index in [1.807, 2.05) is 0 Å². The number of amides is 1. The number of nitrogens with one attached hydrogen (secondary N) is 1. The van der Waals surface area contributed by atoms with Gasteiger partial charge in [-0.05, 0) is 34.9 Å². The summed E-state index contributed by atoms with van der Waals surface area (Å²) in [7, 11) is 0. The molecule has 0 radical (unpaired) electrons. The fourth-order valence-corrected chi connectivity index (χ4v) is 2.92. The summed E-state index contributed by atoms with van der Waals surface area (Å²) in [6.07, 6.45) is -0.617. The van der Waals surface area contributed by atoms with Gasteiger partial charge in [-0.25, -0.2) is 4.68 Å². The van der Waals surface area contributed by atoms with E-state index in [0.29, 0.717) is 12.1 Å². The fraction of sp³-hybridized carbons (Fsp3) is 0.467. The smallest absolute Gasteiger partial charge is 0.354 e. The van der Waals surface area contributed by atoms with Crippen LogP contribution in [-0.2, 0) is 22.9 Å². The van der Waals surface area contributed by atoms with Crippen LogP contribution in [0.15, 0.2) is 30.6 Å². The van der Waals surface area contributed by atoms with E-state index >= 15 is 0 Å². The number of hydrogen-bond donors (Lipinski definition) is 1. The van der Waals surface area contributed by atoms with Gasteiger partial charge < -0.3 is 5.32 Å². The second kappa shape index (κ2) is 6.21. The van der Waals surface area contributed by atoms with Gasteiger partial charge in [0.05, 0.1) is 5.56 Å². The highest BCUT2D eigenvalue weighted by Crippen LogP contribution is 2.44. The Hall–Kier alpha value is -2.45. The van der Waals surface area contributed by atoms with Gasteiger partial charge in [0.2, 0.25) is 5.91 Å². The molecule has 24 heavy (non-hydrogen) atoms. The Balaban J connectivity index is 1.69. The summed E-state index contributed by atoms with van der Waals surface area (Å²) < 4.78 is 40.0. The molecule has 1 N–H and O–H groups in total. The first kappa shape index (κ1) is 16.4. The molecule has 3 rings (SSSR count). The number of carbonyl (C=O) groups excluding carboxylic acids is 1. The molecule has 1 aromatic carbocycles. The first-order valence-electron chi connectivity index (χ1n) is 7.54. The van der Waals surface area contributed by atoms with E-state index in [-0.39, 0.29) is 12.5 Å². The maximum atomic E-state index is 12.9. The molecule has 1 saturated carbocycles. The number of rotatable bonds is 5. The molecule has 0 aliphatic heterocycles. The third kappa shape index (κ3) is 3.39. The van der Waals surface area contributed by atoms with E-state index in [4.69, 9.17) is 0 Å². The minimum atomic E-state index is -4.37. The summed E-state index contributed by atoms with van der Waals surface area (Å²) in [6, 6.07) is 5.36. The highest BCUT2D eigenvalue weighted by atomic mass is 19.4. The molecule has 128 valence electrons. The third-order valence-corrected chi connectivity index (χ3v) is 4.43. The number of tetrazole rings is 1. The first-order valence-corrected chi connectivity index (χ1v) is 7.54. The van der Waals surface area contributed by atoms with E-state index in [0.717, 1.165) is 25.3 Å². The normalized spacial score (nSPS) is 16.5. The summed E-state index contributed by atoms with van der Waals surface area (Å²) in [6.45, 7) is 0.279. The zero-order valence-electron chi connectivity index (χ0n) is 12.8. The number of carbonyl (C=O) groups is 1. The standard InChI is InChI=1S/C15H16F3N5O/c16-15(17,18)12-4-1-3-11(7-12)14(5-2-6-14)9-19-13(24)8-23-10-20-21-22-23/h1,3-4,7,10H,2,5-6,8-9H2,(H,19,24). The Morgan fingerprint density at radius 2 is 2.12 bits per heavy atom. The molecule has 0 bridgehead atoms. The van der Waals surface area contributed by atoms with Crippen LogP contribution in [0.3, 0.4) is 0 Å². The Kier molecular flexibility index (Phi) is 4.25. The van der Waals surface area contributed by atoms with Gasteiger partial charge in [-0.3, -0.25) is 4.79 Å². The SMILES string of the molecule is O=C(Cn1cnnn1)NCC1(c2cccc(C(F)(F)F)c2)CCC1. The number of aromatic nitrogens is 4. The quantitative estimate of drug-likeness (QED) is 0.903. The number of halogens is 3. The second-order valence-corrected chi connectivity index (χ2v) is 6.00. The minimum Gasteiger partial charge on any atom is -0.354 e. The molecular formula is C15H16F3N5O. The molecule has 1 fully saturated rings. The molecule has 0 spiro atoms. The molecule has 1 aliphatic rings. The zero-order valence-corrected chi connectivity index (χ0v) is 12.8. The van der Waals surface area contributed by atoms with Crippen LogP contribution in [-0.4, -0.2) is 32.7 Å². The molecule has 0 atom stereocenters. The lowest BCUT2D eigenvalue weighted by molar-refractivity contribution is -0.137. The Bertz CT molecular complexity index is 710. The molecule has 1 amide bonds. The maximum absolute atomic E-state index is 12.9. The summed E-state index contributed by atoms with van der Waals surface area (Å²) >= 11 is 0. The van der Waals surface area contributed by atoms with E-state index in [2.05, 4.69) is 20.8 Å². The van der Waals surface area contributed by atoms with Crippen molar-refractivity contribution in [2.24, 2.45) is 0 Å². The van der Waals surface area contributed by atoms with Crippen molar-refractivity contribution in [2.45, 2.75) is 37.4 Å². The lowest BCUT2D eigenvalue weighted by Gasteiger charge is -2.42. The molecule has 6 nitrogen and oxygen atoms in total. The van der Waals surface area contributed by atoms with Crippen LogP contribution in [0.5, 0.6) is 0 Å². The molecule has 1 heterocycles. The monoisotopic (exact) mass is 339 g/mol.